The van der Waals surface area contributed by atoms with Gasteiger partial charge in [-0.25, -0.2) is 13.2 Å². The second kappa shape index (κ2) is 10.9. The van der Waals surface area contributed by atoms with Crippen LogP contribution in [0, 0.1) is 0 Å². The van der Waals surface area contributed by atoms with Gasteiger partial charge in [0.2, 0.25) is 10.0 Å². The molecule has 1 aliphatic heterocycles. The number of anilines is 1. The van der Waals surface area contributed by atoms with E-state index in [1.165, 1.54) is 33.8 Å². The number of hydrogen-bond donors (Lipinski definition) is 4. The van der Waals surface area contributed by atoms with Gasteiger partial charge in [-0.3, -0.25) is 19.5 Å². The lowest BCUT2D eigenvalue weighted by atomic mass is 10.1. The Morgan fingerprint density at radius 2 is 1.84 bits per heavy atom. The van der Waals surface area contributed by atoms with Crippen molar-refractivity contribution >= 4 is 78.2 Å². The number of piperazine rings is 1. The number of carbonyl (C=O) groups excluding carboxylic acids is 2. The van der Waals surface area contributed by atoms with Crippen molar-refractivity contribution < 1.29 is 22.2 Å². The maximum Gasteiger partial charge on any atom is 0.319 e. The Balaban J connectivity index is 1.55. The molecule has 15 heteroatoms. The van der Waals surface area contributed by atoms with Gasteiger partial charge in [-0.05, 0) is 49.4 Å². The van der Waals surface area contributed by atoms with Crippen LogP contribution in [0.3, 0.4) is 0 Å². The lowest BCUT2D eigenvalue weighted by Gasteiger charge is -2.34. The summed E-state index contributed by atoms with van der Waals surface area (Å²) >= 11 is 7.38. The Morgan fingerprint density at radius 1 is 1.16 bits per heavy atom. The maximum absolute atomic E-state index is 13.6. The number of nitrogens with two attached hydrogens (primary N) is 1. The molecule has 0 radical (unpaired) electrons. The molecular weight excluding hydrogens is 577 g/mol. The van der Waals surface area contributed by atoms with Crippen LogP contribution in [0.4, 0.5) is 9.80 Å². The summed E-state index contributed by atoms with van der Waals surface area (Å²) < 4.78 is 41.0. The van der Waals surface area contributed by atoms with Crippen molar-refractivity contribution in [2.75, 3.05) is 38.0 Å². The molecule has 3 aromatic rings. The van der Waals surface area contributed by atoms with Crippen LogP contribution >= 0.6 is 31.4 Å². The minimum absolute atomic E-state index is 0.0607. The quantitative estimate of drug-likeness (QED) is 0.253. The average molecular weight is 604 g/mol. The second-order valence-corrected chi connectivity index (χ2v) is 15.9. The first kappa shape index (κ1) is 27.9. The van der Waals surface area contributed by atoms with E-state index in [0.717, 1.165) is 10.1 Å². The van der Waals surface area contributed by atoms with Gasteiger partial charge in [-0.15, -0.1) is 11.3 Å². The Hall–Kier alpha value is -2.12. The highest BCUT2D eigenvalue weighted by Crippen LogP contribution is 2.37. The molecule has 0 aliphatic carbocycles. The van der Waals surface area contributed by atoms with Crippen LogP contribution in [0.5, 0.6) is 0 Å². The zero-order chi connectivity index (χ0) is 27.0. The number of thiol groups is 1. The molecule has 1 saturated heterocycles. The van der Waals surface area contributed by atoms with Gasteiger partial charge in [0.15, 0.2) is 0 Å². The molecule has 3 amide bonds. The van der Waals surface area contributed by atoms with Gasteiger partial charge in [-0.1, -0.05) is 29.8 Å². The van der Waals surface area contributed by atoms with Crippen molar-refractivity contribution in [1.29, 1.82) is 0 Å². The van der Waals surface area contributed by atoms with Crippen molar-refractivity contribution in [2.24, 2.45) is 5.14 Å². The van der Waals surface area contributed by atoms with E-state index in [4.69, 9.17) is 16.7 Å². The first-order valence-corrected chi connectivity index (χ1v) is 17.3. The molecule has 4 N–H and O–H groups in total. The van der Waals surface area contributed by atoms with Crippen LogP contribution in [0.25, 0.3) is 10.1 Å². The Kier molecular flexibility index (Phi) is 8.25. The number of amides is 3. The number of thiophene rings is 1. The van der Waals surface area contributed by atoms with E-state index < -0.39 is 25.8 Å². The molecule has 1 unspecified atom stereocenters. The van der Waals surface area contributed by atoms with Crippen molar-refractivity contribution in [3.8, 4) is 0 Å². The Morgan fingerprint density at radius 3 is 2.49 bits per heavy atom. The molecule has 0 spiro atoms. The third kappa shape index (κ3) is 5.83. The smallest absolute Gasteiger partial charge is 0.319 e. The monoisotopic (exact) mass is 603 g/mol. The highest BCUT2D eigenvalue weighted by atomic mass is 35.5. The number of nitrogens with one attached hydrogen (secondary N) is 2. The minimum Gasteiger partial charge on any atom is -0.338 e. The number of nitrogens with zero attached hydrogens (tertiary/aromatic N) is 2. The molecule has 1 aliphatic rings. The number of halogens is 1. The van der Waals surface area contributed by atoms with Gasteiger partial charge >= 0.3 is 6.03 Å². The molecule has 1 aromatic heterocycles. The Labute approximate surface area is 227 Å². The number of benzene rings is 2. The van der Waals surface area contributed by atoms with Crippen LogP contribution in [0.1, 0.15) is 17.3 Å². The zero-order valence-corrected chi connectivity index (χ0v) is 24.2. The van der Waals surface area contributed by atoms with Crippen molar-refractivity contribution in [3.05, 3.63) is 53.1 Å². The number of urea groups is 1. The number of hydrogen-bond acceptors (Lipinski definition) is 6. The van der Waals surface area contributed by atoms with Crippen LogP contribution in [0.15, 0.2) is 52.3 Å². The fraction of sp³-hybridized carbons (Fsp3) is 0.273. The topological polar surface area (TPSA) is 142 Å². The summed E-state index contributed by atoms with van der Waals surface area (Å²) in [6, 6.07) is 10.9. The van der Waals surface area contributed by atoms with Crippen LogP contribution in [0.2, 0.25) is 5.02 Å². The van der Waals surface area contributed by atoms with Crippen LogP contribution in [-0.2, 0) is 19.8 Å². The highest BCUT2D eigenvalue weighted by Gasteiger charge is 2.33. The van der Waals surface area contributed by atoms with Crippen LogP contribution < -0.4 is 15.8 Å². The van der Waals surface area contributed by atoms with Crippen molar-refractivity contribution in [1.82, 2.24) is 14.5 Å². The molecule has 1 fully saturated rings. The summed E-state index contributed by atoms with van der Waals surface area (Å²) in [6.07, 6.45) is 0. The largest absolute Gasteiger partial charge is 0.338 e. The maximum atomic E-state index is 13.6. The summed E-state index contributed by atoms with van der Waals surface area (Å²) in [5, 5.41) is 12.4. The third-order valence-electron chi connectivity index (χ3n) is 5.83. The van der Waals surface area contributed by atoms with Gasteiger partial charge < -0.3 is 10.2 Å². The van der Waals surface area contributed by atoms with Gasteiger partial charge in [0.05, 0.1) is 15.5 Å². The number of carbonyl (C=O) groups is 2. The Bertz CT molecular complexity index is 1520. The molecule has 10 nitrogen and oxygen atoms in total. The fourth-order valence-corrected chi connectivity index (χ4v) is 8.79. The number of fused-ring (bicyclic) bond motifs is 1. The van der Waals surface area contributed by atoms with Crippen molar-refractivity contribution in [2.45, 2.75) is 16.7 Å². The molecule has 1 atom stereocenters. The summed E-state index contributed by atoms with van der Waals surface area (Å²) in [7, 11) is -5.29. The minimum atomic E-state index is -3.94. The van der Waals surface area contributed by atoms with E-state index >= 15 is 0 Å². The standard InChI is InChI=1S/C22H27ClN5O5PS3/c1-2-25-22(30)26-20-19(15-5-3-4-6-17(15)35-20)21(29)27-9-11-28(12-10-27)37(32,33)14-7-8-16(23)18(13-14)36(24,31)34/h3-8,13,36H,2,9-12,34H2,1H3,(H2,24,31)(H2,25,26,30). The third-order valence-corrected chi connectivity index (χ3v) is 11.2. The molecule has 200 valence electrons. The lowest BCUT2D eigenvalue weighted by Crippen LogP contribution is -2.50. The van der Waals surface area contributed by atoms with E-state index in [9.17, 15) is 22.2 Å². The predicted molar refractivity (Wildman–Crippen MR) is 152 cm³/mol. The molecular formula is C22H27ClN5O5PS3. The summed E-state index contributed by atoms with van der Waals surface area (Å²) in [4.78, 5) is 27.3. The second-order valence-electron chi connectivity index (χ2n) is 8.31. The van der Waals surface area contributed by atoms with E-state index in [0.29, 0.717) is 17.1 Å². The predicted octanol–water partition coefficient (Wildman–Crippen LogP) is 2.88. The fourth-order valence-electron chi connectivity index (χ4n) is 4.01. The number of rotatable bonds is 6. The summed E-state index contributed by atoms with van der Waals surface area (Å²) in [5.74, 6) is -0.290. The first-order chi connectivity index (χ1) is 17.4. The summed E-state index contributed by atoms with van der Waals surface area (Å²) in [6.45, 7) is 2.67. The summed E-state index contributed by atoms with van der Waals surface area (Å²) in [5.41, 5.74) is 0.379. The first-order valence-electron chi connectivity index (χ1n) is 11.3. The van der Waals surface area contributed by atoms with E-state index in [1.807, 2.05) is 32.7 Å². The van der Waals surface area contributed by atoms with Gasteiger partial charge in [0, 0.05) is 47.7 Å². The van der Waals surface area contributed by atoms with Crippen molar-refractivity contribution in [3.63, 3.8) is 0 Å². The van der Waals surface area contributed by atoms with E-state index in [-0.39, 0.29) is 46.9 Å². The van der Waals surface area contributed by atoms with E-state index in [1.54, 1.807) is 11.8 Å². The van der Waals surface area contributed by atoms with Crippen LogP contribution in [-0.4, -0.2) is 66.5 Å². The molecule has 4 rings (SSSR count). The SMILES string of the molecule is CCNC(=O)Nc1sc2ccccc2c1C(=O)N1CCN(S(=O)(=O)c2ccc(Cl)c([SH](N)(=O)P)c2)CC1. The molecule has 2 heterocycles. The number of sulfonamides is 1. The lowest BCUT2D eigenvalue weighted by molar-refractivity contribution is 0.0701. The highest BCUT2D eigenvalue weighted by molar-refractivity contribution is 8.44. The van der Waals surface area contributed by atoms with E-state index in [2.05, 4.69) is 10.6 Å². The molecule has 37 heavy (non-hydrogen) atoms. The molecule has 0 saturated carbocycles. The average Bonchev–Trinajstić information content (AvgIpc) is 3.20. The molecule has 2 aromatic carbocycles. The van der Waals surface area contributed by atoms with Gasteiger partial charge in [-0.2, -0.15) is 4.31 Å². The normalized spacial score (nSPS) is 15.5. The van der Waals surface area contributed by atoms with Gasteiger partial charge in [0.25, 0.3) is 5.91 Å². The molecule has 0 bridgehead atoms. The van der Waals surface area contributed by atoms with Gasteiger partial charge in [0.1, 0.15) is 5.00 Å². The zero-order valence-electron chi connectivity index (χ0n) is 19.8.